The molecule has 0 saturated carbocycles. The summed E-state index contributed by atoms with van der Waals surface area (Å²) in [6.07, 6.45) is -0.537. The van der Waals surface area contributed by atoms with Crippen LogP contribution in [0.15, 0.2) is 48.5 Å². The molecule has 0 spiro atoms. The molecular weight excluding hydrogens is 355 g/mol. The van der Waals surface area contributed by atoms with Crippen molar-refractivity contribution < 1.29 is 14.2 Å². The normalized spacial score (nSPS) is 16.8. The SMILES string of the molecule is CC(C)(C)c1ccccc1OC[C@@H](O)CN1CCN(c2ccc(F)cc2)CC1. The highest BCUT2D eigenvalue weighted by Gasteiger charge is 2.21. The quantitative estimate of drug-likeness (QED) is 0.822. The standard InChI is InChI=1S/C23H31FN2O2/c1-23(2,3)21-6-4-5-7-22(21)28-17-20(27)16-25-12-14-26(15-13-25)19-10-8-18(24)9-11-19/h4-11,20,27H,12-17H2,1-3H3/t20-/m0/s1. The summed E-state index contributed by atoms with van der Waals surface area (Å²) in [5.74, 6) is 0.633. The fourth-order valence-corrected chi connectivity index (χ4v) is 3.59. The zero-order valence-electron chi connectivity index (χ0n) is 17.1. The van der Waals surface area contributed by atoms with Gasteiger partial charge < -0.3 is 14.7 Å². The monoisotopic (exact) mass is 386 g/mol. The number of hydrogen-bond donors (Lipinski definition) is 1. The van der Waals surface area contributed by atoms with Crippen LogP contribution < -0.4 is 9.64 Å². The zero-order chi connectivity index (χ0) is 20.1. The van der Waals surface area contributed by atoms with Crippen molar-refractivity contribution >= 4 is 5.69 Å². The van der Waals surface area contributed by atoms with E-state index in [4.69, 9.17) is 4.74 Å². The fraction of sp³-hybridized carbons (Fsp3) is 0.478. The molecule has 1 aliphatic heterocycles. The highest BCUT2D eigenvalue weighted by molar-refractivity contribution is 5.46. The molecule has 2 aromatic carbocycles. The molecule has 0 radical (unpaired) electrons. The van der Waals surface area contributed by atoms with Crippen LogP contribution in [-0.4, -0.2) is 55.4 Å². The van der Waals surface area contributed by atoms with Crippen LogP contribution in [0.1, 0.15) is 26.3 Å². The number of rotatable bonds is 6. The Labute approximate surface area is 167 Å². The number of para-hydroxylation sites is 1. The number of aliphatic hydroxyl groups is 1. The van der Waals surface area contributed by atoms with Crippen molar-refractivity contribution in [2.45, 2.75) is 32.3 Å². The lowest BCUT2D eigenvalue weighted by atomic mass is 9.86. The summed E-state index contributed by atoms with van der Waals surface area (Å²) in [5.41, 5.74) is 2.19. The van der Waals surface area contributed by atoms with Gasteiger partial charge in [0.2, 0.25) is 0 Å². The lowest BCUT2D eigenvalue weighted by Crippen LogP contribution is -2.49. The zero-order valence-corrected chi connectivity index (χ0v) is 17.1. The van der Waals surface area contributed by atoms with E-state index in [0.717, 1.165) is 43.2 Å². The Balaban J connectivity index is 1.46. The molecule has 1 N–H and O–H groups in total. The van der Waals surface area contributed by atoms with Crippen LogP contribution in [0.3, 0.4) is 0 Å². The molecule has 1 aliphatic rings. The van der Waals surface area contributed by atoms with E-state index in [1.165, 1.54) is 12.1 Å². The predicted octanol–water partition coefficient (Wildman–Crippen LogP) is 3.69. The second kappa shape index (κ2) is 8.93. The summed E-state index contributed by atoms with van der Waals surface area (Å²) < 4.78 is 19.0. The van der Waals surface area contributed by atoms with Crippen molar-refractivity contribution in [3.05, 3.63) is 59.9 Å². The van der Waals surface area contributed by atoms with Crippen LogP contribution in [-0.2, 0) is 5.41 Å². The van der Waals surface area contributed by atoms with Crippen LogP contribution in [0.4, 0.5) is 10.1 Å². The summed E-state index contributed by atoms with van der Waals surface area (Å²) in [5, 5.41) is 10.4. The molecule has 4 nitrogen and oxygen atoms in total. The van der Waals surface area contributed by atoms with Gasteiger partial charge in [-0.1, -0.05) is 39.0 Å². The van der Waals surface area contributed by atoms with Gasteiger partial charge in [-0.3, -0.25) is 4.90 Å². The number of hydrogen-bond acceptors (Lipinski definition) is 4. The first-order valence-corrected chi connectivity index (χ1v) is 9.96. The summed E-state index contributed by atoms with van der Waals surface area (Å²) in [6, 6.07) is 14.7. The molecule has 5 heteroatoms. The molecule has 0 amide bonds. The van der Waals surface area contributed by atoms with Crippen LogP contribution >= 0.6 is 0 Å². The first kappa shape index (κ1) is 20.6. The van der Waals surface area contributed by atoms with Crippen LogP contribution in [0, 0.1) is 5.82 Å². The summed E-state index contributed by atoms with van der Waals surface area (Å²) in [7, 11) is 0. The van der Waals surface area contributed by atoms with Crippen molar-refractivity contribution in [3.8, 4) is 5.75 Å². The summed E-state index contributed by atoms with van der Waals surface area (Å²) in [4.78, 5) is 4.50. The minimum Gasteiger partial charge on any atom is -0.491 e. The molecule has 1 atom stereocenters. The molecule has 1 heterocycles. The number of nitrogens with zero attached hydrogens (tertiary/aromatic N) is 2. The molecule has 0 unspecified atom stereocenters. The topological polar surface area (TPSA) is 35.9 Å². The Bertz CT molecular complexity index is 750. The van der Waals surface area contributed by atoms with Gasteiger partial charge in [-0.2, -0.15) is 0 Å². The Morgan fingerprint density at radius 2 is 1.64 bits per heavy atom. The number of anilines is 1. The molecular formula is C23H31FN2O2. The summed E-state index contributed by atoms with van der Waals surface area (Å²) in [6.45, 7) is 10.8. The fourth-order valence-electron chi connectivity index (χ4n) is 3.59. The third-order valence-electron chi connectivity index (χ3n) is 5.16. The van der Waals surface area contributed by atoms with Gasteiger partial charge in [0.15, 0.2) is 0 Å². The smallest absolute Gasteiger partial charge is 0.123 e. The van der Waals surface area contributed by atoms with Crippen molar-refractivity contribution in [2.24, 2.45) is 0 Å². The lowest BCUT2D eigenvalue weighted by Gasteiger charge is -2.37. The van der Waals surface area contributed by atoms with Crippen LogP contribution in [0.5, 0.6) is 5.75 Å². The third-order valence-corrected chi connectivity index (χ3v) is 5.16. The molecule has 152 valence electrons. The maximum atomic E-state index is 13.1. The van der Waals surface area contributed by atoms with Gasteiger partial charge >= 0.3 is 0 Å². The van der Waals surface area contributed by atoms with E-state index in [1.807, 2.05) is 30.3 Å². The van der Waals surface area contributed by atoms with Gasteiger partial charge in [-0.15, -0.1) is 0 Å². The number of halogens is 1. The van der Waals surface area contributed by atoms with E-state index in [9.17, 15) is 9.50 Å². The second-order valence-electron chi connectivity index (χ2n) is 8.48. The maximum absolute atomic E-state index is 13.1. The Hall–Kier alpha value is -2.11. The highest BCUT2D eigenvalue weighted by Crippen LogP contribution is 2.31. The van der Waals surface area contributed by atoms with Crippen molar-refractivity contribution in [2.75, 3.05) is 44.2 Å². The number of piperazine rings is 1. The van der Waals surface area contributed by atoms with E-state index in [1.54, 1.807) is 0 Å². The number of ether oxygens (including phenoxy) is 1. The van der Waals surface area contributed by atoms with Gasteiger partial charge in [0.1, 0.15) is 24.3 Å². The Morgan fingerprint density at radius 1 is 1.00 bits per heavy atom. The molecule has 3 rings (SSSR count). The molecule has 1 fully saturated rings. The van der Waals surface area contributed by atoms with Gasteiger partial charge in [-0.05, 0) is 41.3 Å². The molecule has 0 aromatic heterocycles. The van der Waals surface area contributed by atoms with Crippen molar-refractivity contribution in [1.29, 1.82) is 0 Å². The Morgan fingerprint density at radius 3 is 2.29 bits per heavy atom. The van der Waals surface area contributed by atoms with E-state index in [2.05, 4.69) is 36.6 Å². The van der Waals surface area contributed by atoms with E-state index >= 15 is 0 Å². The first-order chi connectivity index (χ1) is 13.3. The second-order valence-corrected chi connectivity index (χ2v) is 8.48. The third kappa shape index (κ3) is 5.46. The highest BCUT2D eigenvalue weighted by atomic mass is 19.1. The number of β-amino-alcohol motifs (C(OH)–C–C–N with tert-alkyl or cyclic N) is 1. The first-order valence-electron chi connectivity index (χ1n) is 9.96. The Kier molecular flexibility index (Phi) is 6.57. The summed E-state index contributed by atoms with van der Waals surface area (Å²) >= 11 is 0. The molecule has 2 aromatic rings. The number of aliphatic hydroxyl groups excluding tert-OH is 1. The molecule has 0 bridgehead atoms. The van der Waals surface area contributed by atoms with Gasteiger partial charge in [-0.25, -0.2) is 4.39 Å². The van der Waals surface area contributed by atoms with Crippen LogP contribution in [0.2, 0.25) is 0 Å². The average molecular weight is 387 g/mol. The maximum Gasteiger partial charge on any atom is 0.123 e. The number of benzene rings is 2. The average Bonchev–Trinajstić information content (AvgIpc) is 2.67. The van der Waals surface area contributed by atoms with Crippen molar-refractivity contribution in [3.63, 3.8) is 0 Å². The van der Waals surface area contributed by atoms with E-state index < -0.39 is 6.10 Å². The van der Waals surface area contributed by atoms with Crippen LogP contribution in [0.25, 0.3) is 0 Å². The van der Waals surface area contributed by atoms with Gasteiger partial charge in [0.25, 0.3) is 0 Å². The molecule has 0 aliphatic carbocycles. The van der Waals surface area contributed by atoms with Gasteiger partial charge in [0, 0.05) is 38.4 Å². The largest absolute Gasteiger partial charge is 0.491 e. The predicted molar refractivity (Wildman–Crippen MR) is 112 cm³/mol. The van der Waals surface area contributed by atoms with E-state index in [-0.39, 0.29) is 17.8 Å². The molecule has 28 heavy (non-hydrogen) atoms. The minimum atomic E-state index is -0.537. The lowest BCUT2D eigenvalue weighted by molar-refractivity contribution is 0.0656. The van der Waals surface area contributed by atoms with Crippen molar-refractivity contribution in [1.82, 2.24) is 4.90 Å². The molecule has 1 saturated heterocycles. The van der Waals surface area contributed by atoms with E-state index in [0.29, 0.717) is 6.54 Å². The minimum absolute atomic E-state index is 0.00176. The van der Waals surface area contributed by atoms with Gasteiger partial charge in [0.05, 0.1) is 0 Å².